The van der Waals surface area contributed by atoms with Crippen molar-refractivity contribution in [2.75, 3.05) is 131 Å². The fourth-order valence-corrected chi connectivity index (χ4v) is 19.0. The first-order valence-electron chi connectivity index (χ1n) is 52.5. The lowest BCUT2D eigenvalue weighted by Gasteiger charge is -2.38. The monoisotopic (exact) mass is 1880 g/mol. The van der Waals surface area contributed by atoms with Crippen LogP contribution in [0.1, 0.15) is 387 Å². The Kier molecular flexibility index (Phi) is 56.6. The van der Waals surface area contributed by atoms with Gasteiger partial charge in [-0.05, 0) is 343 Å². The summed E-state index contributed by atoms with van der Waals surface area (Å²) in [5.41, 5.74) is 14.7. The van der Waals surface area contributed by atoms with Crippen LogP contribution in [-0.2, 0) is 26.5 Å². The smallest absolute Gasteiger partial charge is 0.219 e. The quantitative estimate of drug-likeness (QED) is 0.131. The first-order chi connectivity index (χ1) is 62.0. The molecule has 7 heterocycles. The molecule has 1 amide bonds. The number of aryl methyl sites for hydroxylation is 5. The third-order valence-electron chi connectivity index (χ3n) is 28.2. The summed E-state index contributed by atoms with van der Waals surface area (Å²) in [4.78, 5) is 29.7. The van der Waals surface area contributed by atoms with Gasteiger partial charge in [0.25, 0.3) is 0 Å². The first kappa shape index (κ1) is 127. The van der Waals surface area contributed by atoms with E-state index in [1.165, 1.54) is 250 Å². The van der Waals surface area contributed by atoms with Crippen LogP contribution in [0.25, 0.3) is 0 Å². The molecule has 0 spiro atoms. The van der Waals surface area contributed by atoms with E-state index in [4.69, 9.17) is 10.4 Å². The number of rotatable bonds is 10. The van der Waals surface area contributed by atoms with Gasteiger partial charge >= 0.3 is 0 Å². The molecule has 0 bridgehead atoms. The summed E-state index contributed by atoms with van der Waals surface area (Å²) in [6.45, 7) is 111. The van der Waals surface area contributed by atoms with Crippen LogP contribution >= 0.6 is 0 Å². The van der Waals surface area contributed by atoms with E-state index in [9.17, 15) is 22.4 Å². The minimum atomic E-state index is -0.514. The van der Waals surface area contributed by atoms with E-state index >= 15 is 0 Å². The number of hydrogen-bond donors (Lipinski definition) is 2. The van der Waals surface area contributed by atoms with Crippen LogP contribution in [0, 0.1) is 131 Å². The van der Waals surface area contributed by atoms with E-state index in [1.54, 1.807) is 27.7 Å². The van der Waals surface area contributed by atoms with E-state index in [1.807, 2.05) is 38.1 Å². The van der Waals surface area contributed by atoms with E-state index in [2.05, 4.69) is 312 Å². The summed E-state index contributed by atoms with van der Waals surface area (Å²) in [7, 11) is 0. The number of carbonyl (C=O) groups excluding carboxylic acids is 1. The van der Waals surface area contributed by atoms with Crippen LogP contribution in [0.2, 0.25) is 0 Å². The van der Waals surface area contributed by atoms with Crippen LogP contribution in [-0.4, -0.2) is 176 Å². The summed E-state index contributed by atoms with van der Waals surface area (Å²) in [5, 5.41) is 20.7. The first-order valence-corrected chi connectivity index (χ1v) is 52.5. The standard InChI is InChI=1S/C12H22N2.C12H26N2.C12H25N.2C12H18.C11H21NO.C11H23NO.2C10H12F2.C9H19N.C9H13N/c1-12(2,3)11-5-9-14(10-6-11)8-4-7-13;1-5-13-8-10-14(11-9-13)7-6-12(2,3)4;1-5-8-13-9-6-11(7-10-13)12(2,3)4;1-9-6-10(2)8-11(7-9)12(3,4)5;1-9-7-6-8-10(2)11(9)12(3,4)5;1-9(13)12-7-5-10(6-8-12)11(2,3)4;1-11(2,3)10-4-6-12(7-5-10)8-9-13;1-10(2,3)7-4-8(11)6-9(12)5-7;1-10(2,3)9-7(11)5-4-6-8(9)12;1-9(2,3)8-4-6-10-7-5-8;1-7(2)9-6-10-5-4-8(9)3/h11H,4-6,8-10H2,1-3H3;5-11H2,1-4H3;11H,5-10H2,1-4H3;2*6-8H,1-5H3;10H,5-8H2,1-4H3;10,13H,4-9H2,1-3H3;2*4-6H,1-3H3;8,10H,4-7H2,1-3H3;4-7H,1-3H3. The summed E-state index contributed by atoms with van der Waals surface area (Å²) in [6.07, 6.45) is 20.2. The largest absolute Gasteiger partial charge is 0.395 e. The normalized spacial score (nSPS) is 17.3. The highest BCUT2D eigenvalue weighted by molar-refractivity contribution is 5.73. The Bertz CT molecular complexity index is 3830. The van der Waals surface area contributed by atoms with E-state index < -0.39 is 28.7 Å². The summed E-state index contributed by atoms with van der Waals surface area (Å²) < 4.78 is 51.6. The van der Waals surface area contributed by atoms with Crippen molar-refractivity contribution in [1.29, 1.82) is 5.26 Å². The number of aromatic nitrogens is 1. The average molecular weight is 1890 g/mol. The summed E-state index contributed by atoms with van der Waals surface area (Å²) >= 11 is 0. The highest BCUT2D eigenvalue weighted by atomic mass is 19.1. The van der Waals surface area contributed by atoms with Crippen molar-refractivity contribution in [2.24, 2.45) is 62.1 Å². The van der Waals surface area contributed by atoms with Crippen molar-refractivity contribution >= 4 is 5.91 Å². The van der Waals surface area contributed by atoms with Crippen molar-refractivity contribution in [3.05, 3.63) is 170 Å². The molecule has 4 aromatic carbocycles. The molecule has 0 aliphatic carbocycles. The van der Waals surface area contributed by atoms with Gasteiger partial charge in [0.05, 0.1) is 12.7 Å². The highest BCUT2D eigenvalue weighted by Crippen LogP contribution is 2.40. The van der Waals surface area contributed by atoms with E-state index in [0.29, 0.717) is 57.0 Å². The maximum Gasteiger partial charge on any atom is 0.219 e. The zero-order chi connectivity index (χ0) is 104. The lowest BCUT2D eigenvalue weighted by atomic mass is 9.75. The van der Waals surface area contributed by atoms with Gasteiger partial charge in [-0.2, -0.15) is 5.26 Å². The topological polar surface area (TPSA) is 105 Å². The minimum absolute atomic E-state index is 0.157. The molecule has 0 saturated carbocycles. The van der Waals surface area contributed by atoms with Crippen molar-refractivity contribution in [2.45, 2.75) is 388 Å². The van der Waals surface area contributed by atoms with E-state index in [0.717, 1.165) is 61.8 Å². The molecule has 5 aromatic rings. The van der Waals surface area contributed by atoms with Gasteiger partial charge in [-0.15, -0.1) is 0 Å². The fraction of sp³-hybridized carbons (Fsp3) is 0.742. The predicted octanol–water partition coefficient (Wildman–Crippen LogP) is 30.2. The molecule has 6 fully saturated rings. The predicted molar refractivity (Wildman–Crippen MR) is 578 cm³/mol. The second kappa shape index (κ2) is 60.0. The molecule has 0 radical (unpaired) electrons. The van der Waals surface area contributed by atoms with Gasteiger partial charge < -0.3 is 39.8 Å². The molecule has 135 heavy (non-hydrogen) atoms. The molecule has 11 nitrogen and oxygen atoms in total. The molecule has 0 atom stereocenters. The number of aliphatic hydroxyl groups excluding tert-OH is 1. The van der Waals surface area contributed by atoms with Crippen molar-refractivity contribution in [1.82, 2.24) is 39.7 Å². The number of nitrogens with zero attached hydrogens (tertiary/aromatic N) is 8. The lowest BCUT2D eigenvalue weighted by molar-refractivity contribution is -0.130. The van der Waals surface area contributed by atoms with E-state index in [-0.39, 0.29) is 27.7 Å². The van der Waals surface area contributed by atoms with Crippen molar-refractivity contribution in [3.8, 4) is 6.07 Å². The molecule has 6 saturated heterocycles. The molecule has 2 N–H and O–H groups in total. The van der Waals surface area contributed by atoms with Crippen LogP contribution in [0.5, 0.6) is 0 Å². The molecule has 11 rings (SSSR count). The Morgan fingerprint density at radius 2 is 0.778 bits per heavy atom. The van der Waals surface area contributed by atoms with Crippen molar-refractivity contribution < 1.29 is 27.5 Å². The number of hydrogen-bond acceptors (Lipinski definition) is 10. The Hall–Kier alpha value is -5.57. The Morgan fingerprint density at radius 1 is 0.430 bits per heavy atom. The number of β-amino-alcohol motifs (C(OH)–C–C–N with tert-alkyl or cyclic N) is 1. The van der Waals surface area contributed by atoms with Gasteiger partial charge in [0.1, 0.15) is 23.3 Å². The van der Waals surface area contributed by atoms with Gasteiger partial charge in [0, 0.05) is 89.7 Å². The number of piperidine rings is 5. The average Bonchev–Trinajstić information content (AvgIpc) is 0.813. The highest BCUT2D eigenvalue weighted by Gasteiger charge is 2.34. The van der Waals surface area contributed by atoms with Gasteiger partial charge in [-0.3, -0.25) is 9.78 Å². The van der Waals surface area contributed by atoms with Crippen LogP contribution < -0.4 is 5.32 Å². The number of aliphatic hydroxyl groups is 1. The zero-order valence-corrected chi connectivity index (χ0v) is 94.9. The Balaban J connectivity index is 0.000000743. The molecule has 0 unspecified atom stereocenters. The maximum atomic E-state index is 13.1. The summed E-state index contributed by atoms with van der Waals surface area (Å²) in [5.74, 6) is 3.24. The number of nitrogens with one attached hydrogen (secondary N) is 1. The second-order valence-electron chi connectivity index (χ2n) is 51.0. The lowest BCUT2D eigenvalue weighted by Crippen LogP contribution is -2.46. The molecule has 1 aromatic heterocycles. The number of piperazine rings is 1. The Labute approximate surface area is 830 Å². The molecular formula is C120H209F4N9O2. The van der Waals surface area contributed by atoms with Crippen molar-refractivity contribution in [3.63, 3.8) is 0 Å². The summed E-state index contributed by atoms with van der Waals surface area (Å²) in [6, 6.07) is 25.1. The Morgan fingerprint density at radius 3 is 1.07 bits per heavy atom. The molecular weight excluding hydrogens is 1680 g/mol. The number of likely N-dealkylation sites (N-methyl/N-ethyl adjacent to an activating group) is 1. The number of nitriles is 1. The fourth-order valence-electron chi connectivity index (χ4n) is 19.0. The van der Waals surface area contributed by atoms with Gasteiger partial charge in [0.15, 0.2) is 0 Å². The number of benzene rings is 4. The number of likely N-dealkylation sites (tertiary alicyclic amines) is 4. The molecule has 15 heteroatoms. The maximum absolute atomic E-state index is 13.1. The number of amides is 1. The van der Waals surface area contributed by atoms with Crippen LogP contribution in [0.4, 0.5) is 17.6 Å². The van der Waals surface area contributed by atoms with Gasteiger partial charge in [-0.25, -0.2) is 17.6 Å². The number of carbonyl (C=O) groups is 1. The SMILES string of the molecule is CC(=O)N1CCC(C(C)(C)C)CC1.CC(C)(C)C1CCN(CCC#N)CC1.CC(C)(C)C1CCN(CCO)CC1.CC(C)(C)C1CCNCC1.CC(C)(C)c1c(F)cccc1F.CC(C)(C)c1cc(F)cc(F)c1.CCCN1CCC(C(C)(C)C)CC1.CCN1CCN(CCC(C)(C)C)CC1.Cc1cc(C)cc(C(C)(C)C)c1.Cc1cccc(C)c1C(C)(C)C.Cc1ccncc1C(C)C. The third-order valence-corrected chi connectivity index (χ3v) is 28.2. The number of pyridine rings is 1. The van der Waals surface area contributed by atoms with Gasteiger partial charge in [0.2, 0.25) is 5.91 Å². The van der Waals surface area contributed by atoms with Crippen LogP contribution in [0.3, 0.4) is 0 Å². The second-order valence-corrected chi connectivity index (χ2v) is 51.0. The number of halogens is 4. The molecule has 6 aliphatic heterocycles. The zero-order valence-electron chi connectivity index (χ0n) is 94.9. The minimum Gasteiger partial charge on any atom is -0.395 e. The molecule has 774 valence electrons. The van der Waals surface area contributed by atoms with Gasteiger partial charge in [-0.1, -0.05) is 289 Å². The molecule has 6 aliphatic rings. The van der Waals surface area contributed by atoms with Crippen LogP contribution in [0.15, 0.2) is 91.3 Å². The third kappa shape index (κ3) is 53.8.